The molecule has 2 heterocycles. The van der Waals surface area contributed by atoms with Crippen molar-refractivity contribution in [2.24, 2.45) is 7.05 Å². The molecule has 1 amide bonds. The number of halogens is 2. The highest BCUT2D eigenvalue weighted by molar-refractivity contribution is 8.00. The summed E-state index contributed by atoms with van der Waals surface area (Å²) in [6.07, 6.45) is 1.53. The number of hydrogen-bond acceptors (Lipinski definition) is 6. The minimum atomic E-state index is -0.412. The number of anilines is 1. The van der Waals surface area contributed by atoms with Crippen molar-refractivity contribution in [2.45, 2.75) is 10.1 Å². The average Bonchev–Trinajstić information content (AvgIpc) is 3.04. The second-order valence-electron chi connectivity index (χ2n) is 5.18. The van der Waals surface area contributed by atoms with E-state index in [1.54, 1.807) is 31.3 Å². The molecular formula is C16H12Cl2N4O2S2. The van der Waals surface area contributed by atoms with E-state index in [2.05, 4.69) is 15.5 Å². The minimum absolute atomic E-state index is 0.261. The Labute approximate surface area is 167 Å². The Bertz CT molecular complexity index is 999. The van der Waals surface area contributed by atoms with Gasteiger partial charge in [-0.2, -0.15) is 0 Å². The van der Waals surface area contributed by atoms with Gasteiger partial charge >= 0.3 is 0 Å². The first-order valence-corrected chi connectivity index (χ1v) is 9.87. The number of aryl methyl sites for hydroxylation is 1. The zero-order valence-corrected chi connectivity index (χ0v) is 16.5. The maximum absolute atomic E-state index is 12.2. The molecule has 0 spiro atoms. The maximum Gasteiger partial charge on any atom is 0.257 e. The molecule has 2 aromatic heterocycles. The molecule has 3 aromatic rings. The van der Waals surface area contributed by atoms with Gasteiger partial charge in [-0.3, -0.25) is 14.9 Å². The maximum atomic E-state index is 12.2. The summed E-state index contributed by atoms with van der Waals surface area (Å²) in [7, 11) is 1.61. The van der Waals surface area contributed by atoms with Gasteiger partial charge in [-0.15, -0.1) is 10.2 Å². The smallest absolute Gasteiger partial charge is 0.257 e. The number of amides is 1. The third-order valence-electron chi connectivity index (χ3n) is 3.40. The molecule has 0 bridgehead atoms. The second-order valence-corrected chi connectivity index (χ2v) is 8.20. The van der Waals surface area contributed by atoms with Crippen LogP contribution in [0.2, 0.25) is 10.0 Å². The van der Waals surface area contributed by atoms with E-state index in [1.807, 2.05) is 0 Å². The number of carbonyl (C=O) groups excluding carboxylic acids is 1. The lowest BCUT2D eigenvalue weighted by atomic mass is 10.2. The highest BCUT2D eigenvalue weighted by Gasteiger charge is 2.13. The van der Waals surface area contributed by atoms with Crippen LogP contribution in [0, 0.1) is 0 Å². The zero-order chi connectivity index (χ0) is 18.7. The SMILES string of the molecule is Cn1ccc(C(=O)Nc2nnc(SCc3c(Cl)cccc3Cl)s2)cc1=O. The van der Waals surface area contributed by atoms with E-state index in [4.69, 9.17) is 23.2 Å². The van der Waals surface area contributed by atoms with E-state index in [1.165, 1.54) is 39.9 Å². The number of nitrogens with one attached hydrogen (secondary N) is 1. The number of rotatable bonds is 5. The Hall–Kier alpha value is -1.87. The quantitative estimate of drug-likeness (QED) is 0.490. The van der Waals surface area contributed by atoms with E-state index in [0.717, 1.165) is 5.56 Å². The molecule has 6 nitrogen and oxygen atoms in total. The summed E-state index contributed by atoms with van der Waals surface area (Å²) in [6.45, 7) is 0. The highest BCUT2D eigenvalue weighted by atomic mass is 35.5. The van der Waals surface area contributed by atoms with Crippen LogP contribution >= 0.6 is 46.3 Å². The fraction of sp³-hybridized carbons (Fsp3) is 0.125. The molecule has 0 saturated carbocycles. The van der Waals surface area contributed by atoms with E-state index in [0.29, 0.717) is 25.3 Å². The van der Waals surface area contributed by atoms with Gasteiger partial charge in [0.15, 0.2) is 4.34 Å². The van der Waals surface area contributed by atoms with Crippen LogP contribution in [0.1, 0.15) is 15.9 Å². The molecule has 0 aliphatic carbocycles. The van der Waals surface area contributed by atoms with Crippen molar-refractivity contribution in [2.75, 3.05) is 5.32 Å². The lowest BCUT2D eigenvalue weighted by molar-refractivity contribution is 0.102. The number of carbonyl (C=O) groups is 1. The summed E-state index contributed by atoms with van der Waals surface area (Å²) in [4.78, 5) is 23.8. The fourth-order valence-electron chi connectivity index (χ4n) is 1.98. The van der Waals surface area contributed by atoms with Crippen LogP contribution in [0.4, 0.5) is 5.13 Å². The largest absolute Gasteiger partial charge is 0.319 e. The summed E-state index contributed by atoms with van der Waals surface area (Å²) in [5, 5.41) is 12.2. The van der Waals surface area contributed by atoms with Crippen molar-refractivity contribution in [3.05, 3.63) is 68.1 Å². The van der Waals surface area contributed by atoms with Crippen molar-refractivity contribution < 1.29 is 4.79 Å². The van der Waals surface area contributed by atoms with Gasteiger partial charge in [0.25, 0.3) is 11.5 Å². The van der Waals surface area contributed by atoms with Crippen molar-refractivity contribution in [1.29, 1.82) is 0 Å². The first kappa shape index (κ1) is 18.9. The predicted molar refractivity (Wildman–Crippen MR) is 106 cm³/mol. The van der Waals surface area contributed by atoms with Gasteiger partial charge < -0.3 is 4.57 Å². The molecule has 0 saturated heterocycles. The molecule has 1 aromatic carbocycles. The molecule has 10 heteroatoms. The number of nitrogens with zero attached hydrogens (tertiary/aromatic N) is 3. The third-order valence-corrected chi connectivity index (χ3v) is 6.10. The Balaban J connectivity index is 1.65. The molecule has 0 unspecified atom stereocenters. The van der Waals surface area contributed by atoms with Gasteiger partial charge in [0.2, 0.25) is 5.13 Å². The highest BCUT2D eigenvalue weighted by Crippen LogP contribution is 2.33. The molecule has 3 rings (SSSR count). The molecule has 0 atom stereocenters. The van der Waals surface area contributed by atoms with E-state index in [-0.39, 0.29) is 11.1 Å². The summed E-state index contributed by atoms with van der Waals surface area (Å²) >= 11 is 14.9. The zero-order valence-electron chi connectivity index (χ0n) is 13.4. The van der Waals surface area contributed by atoms with Crippen LogP contribution in [0.5, 0.6) is 0 Å². The normalized spacial score (nSPS) is 10.7. The van der Waals surface area contributed by atoms with Gasteiger partial charge in [-0.1, -0.05) is 52.4 Å². The topological polar surface area (TPSA) is 76.9 Å². The number of pyridine rings is 1. The lowest BCUT2D eigenvalue weighted by Gasteiger charge is -2.04. The van der Waals surface area contributed by atoms with Crippen molar-refractivity contribution >= 4 is 57.3 Å². The Morgan fingerprint density at radius 2 is 2.00 bits per heavy atom. The monoisotopic (exact) mass is 426 g/mol. The molecule has 0 aliphatic heterocycles. The molecule has 0 aliphatic rings. The molecular weight excluding hydrogens is 415 g/mol. The molecule has 0 fully saturated rings. The van der Waals surface area contributed by atoms with E-state index in [9.17, 15) is 9.59 Å². The van der Waals surface area contributed by atoms with Crippen LogP contribution in [-0.2, 0) is 12.8 Å². The van der Waals surface area contributed by atoms with Crippen LogP contribution in [0.25, 0.3) is 0 Å². The summed E-state index contributed by atoms with van der Waals surface area (Å²) in [5.74, 6) is 0.125. The Kier molecular flexibility index (Phi) is 5.98. The second kappa shape index (κ2) is 8.22. The van der Waals surface area contributed by atoms with Gasteiger partial charge in [0.05, 0.1) is 0 Å². The van der Waals surface area contributed by atoms with Crippen LogP contribution in [0.3, 0.4) is 0 Å². The van der Waals surface area contributed by atoms with Gasteiger partial charge in [0, 0.05) is 40.7 Å². The van der Waals surface area contributed by atoms with Crippen LogP contribution < -0.4 is 10.9 Å². The summed E-state index contributed by atoms with van der Waals surface area (Å²) in [6, 6.07) is 8.17. The fourth-order valence-corrected chi connectivity index (χ4v) is 4.47. The number of hydrogen-bond donors (Lipinski definition) is 1. The predicted octanol–water partition coefficient (Wildman–Crippen LogP) is 4.09. The molecule has 26 heavy (non-hydrogen) atoms. The summed E-state index contributed by atoms with van der Waals surface area (Å²) in [5.41, 5.74) is 0.824. The number of benzene rings is 1. The molecule has 0 radical (unpaired) electrons. The van der Waals surface area contributed by atoms with Crippen LogP contribution in [0.15, 0.2) is 45.7 Å². The van der Waals surface area contributed by atoms with Gasteiger partial charge in [0.1, 0.15) is 0 Å². The standard InChI is InChI=1S/C16H12Cl2N4O2S2/c1-22-6-5-9(7-13(22)23)14(24)19-15-20-21-16(26-15)25-8-10-11(17)3-2-4-12(10)18/h2-7H,8H2,1H3,(H,19,20,24). The van der Waals surface area contributed by atoms with E-state index >= 15 is 0 Å². The minimum Gasteiger partial charge on any atom is -0.319 e. The molecule has 134 valence electrons. The lowest BCUT2D eigenvalue weighted by Crippen LogP contribution is -2.19. The third kappa shape index (κ3) is 4.45. The first-order chi connectivity index (χ1) is 12.4. The van der Waals surface area contributed by atoms with Crippen molar-refractivity contribution in [3.8, 4) is 0 Å². The van der Waals surface area contributed by atoms with Crippen molar-refractivity contribution in [1.82, 2.24) is 14.8 Å². The number of thioether (sulfide) groups is 1. The Morgan fingerprint density at radius 3 is 2.69 bits per heavy atom. The van der Waals surface area contributed by atoms with Crippen molar-refractivity contribution in [3.63, 3.8) is 0 Å². The average molecular weight is 427 g/mol. The van der Waals surface area contributed by atoms with Gasteiger partial charge in [-0.05, 0) is 23.8 Å². The summed E-state index contributed by atoms with van der Waals surface area (Å²) < 4.78 is 2.05. The van der Waals surface area contributed by atoms with E-state index < -0.39 is 5.91 Å². The molecule has 1 N–H and O–H groups in total. The first-order valence-electron chi connectivity index (χ1n) is 7.31. The Morgan fingerprint density at radius 1 is 1.27 bits per heavy atom. The van der Waals surface area contributed by atoms with Gasteiger partial charge in [-0.25, -0.2) is 0 Å². The number of aromatic nitrogens is 3. The van der Waals surface area contributed by atoms with Crippen LogP contribution in [-0.4, -0.2) is 20.7 Å².